The van der Waals surface area contributed by atoms with E-state index in [1.54, 1.807) is 4.90 Å². The van der Waals surface area contributed by atoms with Crippen molar-refractivity contribution in [2.45, 2.75) is 64.3 Å². The predicted octanol–water partition coefficient (Wildman–Crippen LogP) is 1.68. The minimum absolute atomic E-state index is 0.0327. The van der Waals surface area contributed by atoms with Crippen molar-refractivity contribution in [2.75, 3.05) is 26.2 Å². The second kappa shape index (κ2) is 8.49. The molecular formula is C20H31N3O5. The fourth-order valence-electron chi connectivity index (χ4n) is 4.25. The van der Waals surface area contributed by atoms with E-state index in [-0.39, 0.29) is 24.3 Å². The molecule has 1 heterocycles. The lowest BCUT2D eigenvalue weighted by molar-refractivity contribution is -0.154. The van der Waals surface area contributed by atoms with E-state index in [4.69, 9.17) is 4.74 Å². The molecule has 2 atom stereocenters. The third-order valence-electron chi connectivity index (χ3n) is 6.17. The van der Waals surface area contributed by atoms with Gasteiger partial charge in [0.2, 0.25) is 0 Å². The molecule has 0 bridgehead atoms. The second-order valence-electron chi connectivity index (χ2n) is 8.38. The van der Waals surface area contributed by atoms with Crippen LogP contribution in [0.3, 0.4) is 0 Å². The molecule has 0 radical (unpaired) electrons. The van der Waals surface area contributed by atoms with E-state index in [1.165, 1.54) is 0 Å². The first kappa shape index (κ1) is 20.6. The van der Waals surface area contributed by atoms with Gasteiger partial charge in [0.25, 0.3) is 11.8 Å². The van der Waals surface area contributed by atoms with Gasteiger partial charge in [0.05, 0.1) is 0 Å². The highest BCUT2D eigenvalue weighted by Gasteiger charge is 2.55. The molecule has 2 aliphatic carbocycles. The van der Waals surface area contributed by atoms with Crippen molar-refractivity contribution in [3.8, 4) is 0 Å². The molecule has 156 valence electrons. The summed E-state index contributed by atoms with van der Waals surface area (Å²) in [5.41, 5.74) is -0.895. The molecule has 3 fully saturated rings. The van der Waals surface area contributed by atoms with Gasteiger partial charge in [-0.25, -0.2) is 4.79 Å². The number of hydrogen-bond acceptors (Lipinski definition) is 5. The number of amides is 4. The Bertz CT molecular complexity index is 648. The fourth-order valence-corrected chi connectivity index (χ4v) is 4.25. The Morgan fingerprint density at radius 3 is 2.64 bits per heavy atom. The van der Waals surface area contributed by atoms with Gasteiger partial charge < -0.3 is 15.0 Å². The molecule has 0 aromatic rings. The quantitative estimate of drug-likeness (QED) is 0.500. The van der Waals surface area contributed by atoms with Crippen molar-refractivity contribution >= 4 is 23.8 Å². The van der Waals surface area contributed by atoms with E-state index >= 15 is 0 Å². The minimum Gasteiger partial charge on any atom is -0.454 e. The number of nitrogens with one attached hydrogen (secondary N) is 1. The highest BCUT2D eigenvalue weighted by molar-refractivity contribution is 6.09. The van der Waals surface area contributed by atoms with Crippen LogP contribution in [0.1, 0.15) is 58.8 Å². The normalized spacial score (nSPS) is 27.1. The molecule has 1 aliphatic heterocycles. The summed E-state index contributed by atoms with van der Waals surface area (Å²) >= 11 is 0. The molecule has 1 saturated heterocycles. The number of ether oxygens (including phenoxy) is 1. The Morgan fingerprint density at radius 1 is 1.25 bits per heavy atom. The summed E-state index contributed by atoms with van der Waals surface area (Å²) in [6.07, 6.45) is 6.49. The van der Waals surface area contributed by atoms with Gasteiger partial charge in [0.1, 0.15) is 12.1 Å². The van der Waals surface area contributed by atoms with Crippen LogP contribution in [-0.4, -0.2) is 65.4 Å². The van der Waals surface area contributed by atoms with Crippen molar-refractivity contribution in [1.29, 1.82) is 0 Å². The van der Waals surface area contributed by atoms with E-state index in [0.717, 1.165) is 43.4 Å². The second-order valence-corrected chi connectivity index (χ2v) is 8.38. The topological polar surface area (TPSA) is 96.0 Å². The van der Waals surface area contributed by atoms with Gasteiger partial charge in [-0.05, 0) is 43.9 Å². The smallest absolute Gasteiger partial charge is 0.326 e. The number of esters is 1. The fraction of sp³-hybridized carbons (Fsp3) is 0.800. The van der Waals surface area contributed by atoms with Crippen molar-refractivity contribution in [3.05, 3.63) is 0 Å². The summed E-state index contributed by atoms with van der Waals surface area (Å²) in [5, 5.41) is 2.81. The molecule has 8 nitrogen and oxygen atoms in total. The Balaban J connectivity index is 1.52. The molecule has 0 aromatic heterocycles. The van der Waals surface area contributed by atoms with Crippen molar-refractivity contribution in [3.63, 3.8) is 0 Å². The minimum atomic E-state index is -0.895. The highest BCUT2D eigenvalue weighted by Crippen LogP contribution is 2.38. The molecule has 3 aliphatic rings. The van der Waals surface area contributed by atoms with Crippen LogP contribution < -0.4 is 5.32 Å². The molecule has 8 heteroatoms. The van der Waals surface area contributed by atoms with E-state index in [2.05, 4.69) is 5.32 Å². The zero-order valence-electron chi connectivity index (χ0n) is 16.9. The van der Waals surface area contributed by atoms with Crippen molar-refractivity contribution in [2.24, 2.45) is 11.8 Å². The first-order chi connectivity index (χ1) is 13.4. The standard InChI is InChI=1S/C20H31N3O5/c1-3-10-22(11-15-7-8-15)16(24)13-28-17(25)12-23-18(26)20(21-19(23)27)9-5-4-6-14(20)2/h14-15H,3-13H2,1-2H3,(H,21,27)/t14-,20+/m0/s1. The summed E-state index contributed by atoms with van der Waals surface area (Å²) in [4.78, 5) is 52.4. The SMILES string of the molecule is CCCN(CC1CC1)C(=O)COC(=O)CN1C(=O)N[C@@]2(CCCC[C@@H]2C)C1=O. The zero-order chi connectivity index (χ0) is 20.3. The largest absolute Gasteiger partial charge is 0.454 e. The monoisotopic (exact) mass is 393 g/mol. The first-order valence-electron chi connectivity index (χ1n) is 10.4. The first-order valence-corrected chi connectivity index (χ1v) is 10.4. The number of hydrogen-bond donors (Lipinski definition) is 1. The van der Waals surface area contributed by atoms with Crippen LogP contribution in [0.4, 0.5) is 4.79 Å². The molecule has 0 unspecified atom stereocenters. The lowest BCUT2D eigenvalue weighted by Gasteiger charge is -2.36. The highest BCUT2D eigenvalue weighted by atomic mass is 16.5. The van der Waals surface area contributed by atoms with Gasteiger partial charge in [-0.2, -0.15) is 0 Å². The van der Waals surface area contributed by atoms with E-state index in [1.807, 2.05) is 13.8 Å². The van der Waals surface area contributed by atoms with Gasteiger partial charge in [-0.1, -0.05) is 26.7 Å². The van der Waals surface area contributed by atoms with Gasteiger partial charge in [0, 0.05) is 13.1 Å². The summed E-state index contributed by atoms with van der Waals surface area (Å²) in [6.45, 7) is 4.50. The Labute approximate surface area is 165 Å². The van der Waals surface area contributed by atoms with Gasteiger partial charge >= 0.3 is 12.0 Å². The number of carbonyl (C=O) groups excluding carboxylic acids is 4. The van der Waals surface area contributed by atoms with E-state index in [0.29, 0.717) is 25.4 Å². The van der Waals surface area contributed by atoms with E-state index in [9.17, 15) is 19.2 Å². The van der Waals surface area contributed by atoms with Crippen LogP contribution in [0.25, 0.3) is 0 Å². The molecule has 4 amide bonds. The Kier molecular flexibility index (Phi) is 6.25. The maximum Gasteiger partial charge on any atom is 0.326 e. The lowest BCUT2D eigenvalue weighted by atomic mass is 9.73. The summed E-state index contributed by atoms with van der Waals surface area (Å²) in [5.74, 6) is -0.720. The zero-order valence-corrected chi connectivity index (χ0v) is 16.9. The molecule has 1 spiro atoms. The van der Waals surface area contributed by atoms with Crippen LogP contribution in [0.15, 0.2) is 0 Å². The van der Waals surface area contributed by atoms with Crippen molar-refractivity contribution < 1.29 is 23.9 Å². The maximum absolute atomic E-state index is 12.9. The molecular weight excluding hydrogens is 362 g/mol. The average Bonchev–Trinajstić information content (AvgIpc) is 3.45. The number of rotatable bonds is 8. The summed E-state index contributed by atoms with van der Waals surface area (Å²) < 4.78 is 5.09. The van der Waals surface area contributed by atoms with E-state index < -0.39 is 24.1 Å². The Hall–Kier alpha value is -2.12. The third-order valence-corrected chi connectivity index (χ3v) is 6.17. The third kappa shape index (κ3) is 4.31. The molecule has 0 aromatic carbocycles. The number of nitrogens with zero attached hydrogens (tertiary/aromatic N) is 2. The molecule has 3 rings (SSSR count). The van der Waals surface area contributed by atoms with Crippen LogP contribution in [0, 0.1) is 11.8 Å². The van der Waals surface area contributed by atoms with Gasteiger partial charge in [-0.3, -0.25) is 19.3 Å². The van der Waals surface area contributed by atoms with Crippen LogP contribution in [0.2, 0.25) is 0 Å². The summed E-state index contributed by atoms with van der Waals surface area (Å²) in [7, 11) is 0. The predicted molar refractivity (Wildman–Crippen MR) is 101 cm³/mol. The number of imide groups is 1. The Morgan fingerprint density at radius 2 is 2.00 bits per heavy atom. The number of carbonyl (C=O) groups is 4. The summed E-state index contributed by atoms with van der Waals surface area (Å²) in [6, 6.07) is -0.552. The number of urea groups is 1. The van der Waals surface area contributed by atoms with Crippen LogP contribution in [0.5, 0.6) is 0 Å². The van der Waals surface area contributed by atoms with Crippen LogP contribution >= 0.6 is 0 Å². The molecule has 2 saturated carbocycles. The maximum atomic E-state index is 12.9. The van der Waals surface area contributed by atoms with Crippen molar-refractivity contribution in [1.82, 2.24) is 15.1 Å². The van der Waals surface area contributed by atoms with Crippen LogP contribution in [-0.2, 0) is 19.1 Å². The molecule has 28 heavy (non-hydrogen) atoms. The lowest BCUT2D eigenvalue weighted by Crippen LogP contribution is -2.54. The molecule has 1 N–H and O–H groups in total. The van der Waals surface area contributed by atoms with Gasteiger partial charge in [-0.15, -0.1) is 0 Å². The van der Waals surface area contributed by atoms with Gasteiger partial charge in [0.15, 0.2) is 6.61 Å². The average molecular weight is 393 g/mol.